The maximum absolute atomic E-state index is 13.5. The third-order valence-corrected chi connectivity index (χ3v) is 4.59. The van der Waals surface area contributed by atoms with E-state index in [1.165, 1.54) is 31.4 Å². The Morgan fingerprint density at radius 2 is 1.81 bits per heavy atom. The van der Waals surface area contributed by atoms with Gasteiger partial charge in [-0.3, -0.25) is 0 Å². The van der Waals surface area contributed by atoms with Crippen molar-refractivity contribution in [3.8, 4) is 5.75 Å². The van der Waals surface area contributed by atoms with Crippen molar-refractivity contribution in [3.05, 3.63) is 53.6 Å². The van der Waals surface area contributed by atoms with E-state index < -0.39 is 27.2 Å². The van der Waals surface area contributed by atoms with Gasteiger partial charge < -0.3 is 10.5 Å². The molecule has 7 heteroatoms. The summed E-state index contributed by atoms with van der Waals surface area (Å²) in [6, 6.07) is 7.09. The van der Waals surface area contributed by atoms with Gasteiger partial charge in [0.15, 0.2) is 21.4 Å². The molecule has 0 aromatic heterocycles. The smallest absolute Gasteiger partial charge is 0.182 e. The first-order chi connectivity index (χ1) is 9.83. The van der Waals surface area contributed by atoms with Crippen molar-refractivity contribution >= 4 is 15.5 Å². The molecule has 0 bridgehead atoms. The summed E-state index contributed by atoms with van der Waals surface area (Å²) >= 11 is 0. The molecule has 0 atom stereocenters. The van der Waals surface area contributed by atoms with E-state index in [0.29, 0.717) is 0 Å². The fraction of sp³-hybridized carbons (Fsp3) is 0.143. The van der Waals surface area contributed by atoms with Crippen molar-refractivity contribution < 1.29 is 21.9 Å². The minimum absolute atomic E-state index is 0.0228. The van der Waals surface area contributed by atoms with Gasteiger partial charge in [-0.15, -0.1) is 0 Å². The Hall–Kier alpha value is -2.15. The molecule has 0 aliphatic rings. The second-order valence-electron chi connectivity index (χ2n) is 4.41. The number of anilines is 1. The zero-order valence-electron chi connectivity index (χ0n) is 11.1. The van der Waals surface area contributed by atoms with Crippen LogP contribution >= 0.6 is 0 Å². The van der Waals surface area contributed by atoms with Crippen LogP contribution in [0, 0.1) is 11.6 Å². The average Bonchev–Trinajstić information content (AvgIpc) is 2.41. The predicted molar refractivity (Wildman–Crippen MR) is 74.7 cm³/mol. The van der Waals surface area contributed by atoms with E-state index in [9.17, 15) is 17.2 Å². The quantitative estimate of drug-likeness (QED) is 0.881. The molecular weight excluding hydrogens is 300 g/mol. The summed E-state index contributed by atoms with van der Waals surface area (Å²) in [6.45, 7) is 0. The topological polar surface area (TPSA) is 69.4 Å². The van der Waals surface area contributed by atoms with Gasteiger partial charge in [0.2, 0.25) is 0 Å². The second kappa shape index (κ2) is 5.69. The van der Waals surface area contributed by atoms with Crippen molar-refractivity contribution in [3.63, 3.8) is 0 Å². The Kier molecular flexibility index (Phi) is 4.13. The number of nitrogen functional groups attached to an aromatic ring is 1. The van der Waals surface area contributed by atoms with E-state index in [2.05, 4.69) is 0 Å². The molecule has 0 fully saturated rings. The average molecular weight is 313 g/mol. The molecule has 0 unspecified atom stereocenters. The van der Waals surface area contributed by atoms with E-state index in [0.717, 1.165) is 12.1 Å². The fourth-order valence-corrected chi connectivity index (χ4v) is 3.15. The molecule has 112 valence electrons. The van der Waals surface area contributed by atoms with Crippen molar-refractivity contribution in [1.29, 1.82) is 0 Å². The number of hydrogen-bond acceptors (Lipinski definition) is 4. The lowest BCUT2D eigenvalue weighted by atomic mass is 10.2. The van der Waals surface area contributed by atoms with Gasteiger partial charge in [0.25, 0.3) is 0 Å². The van der Waals surface area contributed by atoms with E-state index in [1.807, 2.05) is 0 Å². The van der Waals surface area contributed by atoms with Gasteiger partial charge in [-0.1, -0.05) is 6.07 Å². The molecule has 0 spiro atoms. The third-order valence-electron chi connectivity index (χ3n) is 2.90. The SMILES string of the molecule is COc1ccc(CS(=O)(=O)c2ccc(N)c(F)c2)cc1F. The monoisotopic (exact) mass is 313 g/mol. The van der Waals surface area contributed by atoms with Crippen LogP contribution in [-0.4, -0.2) is 15.5 Å². The van der Waals surface area contributed by atoms with Gasteiger partial charge in [0.1, 0.15) is 5.82 Å². The van der Waals surface area contributed by atoms with Crippen LogP contribution in [0.4, 0.5) is 14.5 Å². The highest BCUT2D eigenvalue weighted by Crippen LogP contribution is 2.23. The van der Waals surface area contributed by atoms with Gasteiger partial charge in [0.05, 0.1) is 23.4 Å². The molecule has 0 radical (unpaired) electrons. The van der Waals surface area contributed by atoms with Crippen LogP contribution < -0.4 is 10.5 Å². The standard InChI is InChI=1S/C14H13F2NO3S/c1-20-14-5-2-9(6-12(14)16)8-21(18,19)10-3-4-13(17)11(15)7-10/h2-7H,8,17H2,1H3. The fourth-order valence-electron chi connectivity index (χ4n) is 1.80. The molecule has 0 aliphatic carbocycles. The highest BCUT2D eigenvalue weighted by molar-refractivity contribution is 7.90. The van der Waals surface area contributed by atoms with Crippen LogP contribution in [0.5, 0.6) is 5.75 Å². The lowest BCUT2D eigenvalue weighted by Gasteiger charge is -2.07. The van der Waals surface area contributed by atoms with E-state index in [-0.39, 0.29) is 21.9 Å². The number of rotatable bonds is 4. The molecule has 4 nitrogen and oxygen atoms in total. The first-order valence-electron chi connectivity index (χ1n) is 5.93. The van der Waals surface area contributed by atoms with Gasteiger partial charge in [-0.2, -0.15) is 0 Å². The second-order valence-corrected chi connectivity index (χ2v) is 6.40. The summed E-state index contributed by atoms with van der Waals surface area (Å²) in [4.78, 5) is -0.203. The van der Waals surface area contributed by atoms with Crippen LogP contribution in [0.2, 0.25) is 0 Å². The molecule has 0 amide bonds. The van der Waals surface area contributed by atoms with Crippen LogP contribution in [0.3, 0.4) is 0 Å². The summed E-state index contributed by atoms with van der Waals surface area (Å²) in [5.74, 6) is -1.89. The maximum atomic E-state index is 13.5. The first kappa shape index (κ1) is 15.2. The highest BCUT2D eigenvalue weighted by atomic mass is 32.2. The Labute approximate surface area is 121 Å². The van der Waals surface area contributed by atoms with E-state index in [4.69, 9.17) is 10.5 Å². The molecule has 21 heavy (non-hydrogen) atoms. The Balaban J connectivity index is 2.32. The van der Waals surface area contributed by atoms with Crippen LogP contribution in [-0.2, 0) is 15.6 Å². The van der Waals surface area contributed by atoms with E-state index in [1.54, 1.807) is 0 Å². The van der Waals surface area contributed by atoms with E-state index >= 15 is 0 Å². The highest BCUT2D eigenvalue weighted by Gasteiger charge is 2.18. The van der Waals surface area contributed by atoms with Gasteiger partial charge in [0, 0.05) is 0 Å². The summed E-state index contributed by atoms with van der Waals surface area (Å²) in [7, 11) is -2.48. The number of methoxy groups -OCH3 is 1. The number of sulfone groups is 1. The molecule has 2 rings (SSSR count). The molecule has 0 heterocycles. The minimum Gasteiger partial charge on any atom is -0.494 e. The summed E-state index contributed by atoms with van der Waals surface area (Å²) in [6.07, 6.45) is 0. The molecule has 2 aromatic carbocycles. The summed E-state index contributed by atoms with van der Waals surface area (Å²) < 4.78 is 56.0. The zero-order chi connectivity index (χ0) is 15.6. The van der Waals surface area contributed by atoms with Gasteiger partial charge in [-0.05, 0) is 35.9 Å². The number of ether oxygens (including phenoxy) is 1. The normalized spacial score (nSPS) is 11.4. The van der Waals surface area contributed by atoms with Crippen molar-refractivity contribution in [2.75, 3.05) is 12.8 Å². The Bertz CT molecular complexity index is 776. The number of hydrogen-bond donors (Lipinski definition) is 1. The van der Waals surface area contributed by atoms with Crippen LogP contribution in [0.1, 0.15) is 5.56 Å². The molecular formula is C14H13F2NO3S. The third kappa shape index (κ3) is 3.30. The van der Waals surface area contributed by atoms with Gasteiger partial charge in [-0.25, -0.2) is 17.2 Å². The first-order valence-corrected chi connectivity index (χ1v) is 7.59. The Morgan fingerprint density at radius 1 is 1.10 bits per heavy atom. The number of nitrogens with two attached hydrogens (primary N) is 1. The lowest BCUT2D eigenvalue weighted by Crippen LogP contribution is -2.06. The van der Waals surface area contributed by atoms with Crippen molar-refractivity contribution in [2.45, 2.75) is 10.6 Å². The summed E-state index contributed by atoms with van der Waals surface area (Å²) in [5, 5.41) is 0. The molecule has 0 aliphatic heterocycles. The molecule has 0 saturated carbocycles. The minimum atomic E-state index is -3.79. The van der Waals surface area contributed by atoms with Crippen molar-refractivity contribution in [2.24, 2.45) is 0 Å². The molecule has 2 aromatic rings. The van der Waals surface area contributed by atoms with Crippen molar-refractivity contribution in [1.82, 2.24) is 0 Å². The predicted octanol–water partition coefficient (Wildman–Crippen LogP) is 2.53. The summed E-state index contributed by atoms with van der Waals surface area (Å²) in [5.41, 5.74) is 5.41. The molecule has 2 N–H and O–H groups in total. The van der Waals surface area contributed by atoms with Crippen LogP contribution in [0.25, 0.3) is 0 Å². The molecule has 0 saturated heterocycles. The van der Waals surface area contributed by atoms with Crippen LogP contribution in [0.15, 0.2) is 41.3 Å². The Morgan fingerprint density at radius 3 is 2.38 bits per heavy atom. The van der Waals surface area contributed by atoms with Gasteiger partial charge >= 0.3 is 0 Å². The largest absolute Gasteiger partial charge is 0.494 e. The lowest BCUT2D eigenvalue weighted by molar-refractivity contribution is 0.386. The zero-order valence-corrected chi connectivity index (χ0v) is 12.0. The maximum Gasteiger partial charge on any atom is 0.182 e. The number of halogens is 2. The number of benzene rings is 2.